The summed E-state index contributed by atoms with van der Waals surface area (Å²) in [6.07, 6.45) is 4.36. The van der Waals surface area contributed by atoms with E-state index in [1.807, 2.05) is 18.2 Å². The quantitative estimate of drug-likeness (QED) is 0.619. The summed E-state index contributed by atoms with van der Waals surface area (Å²) in [6, 6.07) is 8.85. The van der Waals surface area contributed by atoms with Crippen molar-refractivity contribution in [3.05, 3.63) is 42.7 Å². The molecule has 11 heteroatoms. The van der Waals surface area contributed by atoms with Gasteiger partial charge >= 0.3 is 0 Å². The lowest BCUT2D eigenvalue weighted by Crippen LogP contribution is -2.37. The van der Waals surface area contributed by atoms with Crippen LogP contribution in [0, 0.1) is 0 Å². The Morgan fingerprint density at radius 3 is 2.20 bits per heavy atom. The molecule has 0 saturated carbocycles. The van der Waals surface area contributed by atoms with Crippen LogP contribution in [0.15, 0.2) is 42.7 Å². The molecule has 0 unspecified atom stereocenters. The smallest absolute Gasteiger partial charge is 0.229 e. The number of rotatable bonds is 5. The maximum Gasteiger partial charge on any atom is 0.229 e. The molecule has 0 bridgehead atoms. The second kappa shape index (κ2) is 8.20. The summed E-state index contributed by atoms with van der Waals surface area (Å²) in [6.45, 7) is 2.61. The monoisotopic (exact) mass is 427 g/mol. The van der Waals surface area contributed by atoms with E-state index in [-0.39, 0.29) is 5.95 Å². The first-order chi connectivity index (χ1) is 14.4. The standard InChI is InChI=1S/C19H21N7O3S/c1-30(27,28)25-15-4-2-13(3-5-15)16-10-17(14-11-21-18(20)22-12-14)24-19(23-16)26-6-8-29-9-7-26/h2-5,10-12,25H,6-9H2,1H3,(H2,20,21,22). The van der Waals surface area contributed by atoms with Crippen LogP contribution in [-0.2, 0) is 14.8 Å². The first-order valence-electron chi connectivity index (χ1n) is 9.25. The van der Waals surface area contributed by atoms with Gasteiger partial charge in [-0.3, -0.25) is 4.72 Å². The third kappa shape index (κ3) is 4.81. The van der Waals surface area contributed by atoms with E-state index in [2.05, 4.69) is 19.6 Å². The number of ether oxygens (including phenoxy) is 1. The third-order valence-corrected chi connectivity index (χ3v) is 5.07. The van der Waals surface area contributed by atoms with E-state index in [1.54, 1.807) is 24.5 Å². The van der Waals surface area contributed by atoms with Gasteiger partial charge in [0.25, 0.3) is 0 Å². The summed E-state index contributed by atoms with van der Waals surface area (Å²) < 4.78 is 30.7. The highest BCUT2D eigenvalue weighted by Gasteiger charge is 2.17. The van der Waals surface area contributed by atoms with Gasteiger partial charge < -0.3 is 15.4 Å². The molecule has 10 nitrogen and oxygen atoms in total. The van der Waals surface area contributed by atoms with Gasteiger partial charge in [-0.15, -0.1) is 0 Å². The maximum absolute atomic E-state index is 11.4. The Kier molecular flexibility index (Phi) is 5.46. The molecule has 1 aliphatic rings. The lowest BCUT2D eigenvalue weighted by Gasteiger charge is -2.27. The number of anilines is 3. The third-order valence-electron chi connectivity index (χ3n) is 4.46. The molecule has 3 aromatic rings. The predicted octanol–water partition coefficient (Wildman–Crippen LogP) is 1.39. The number of hydrogen-bond acceptors (Lipinski definition) is 9. The SMILES string of the molecule is CS(=O)(=O)Nc1ccc(-c2cc(-c3cnc(N)nc3)nc(N3CCOCC3)n2)cc1. The molecule has 1 saturated heterocycles. The summed E-state index contributed by atoms with van der Waals surface area (Å²) in [5.74, 6) is 0.774. The van der Waals surface area contributed by atoms with Crippen molar-refractivity contribution in [1.82, 2.24) is 19.9 Å². The number of nitrogens with zero attached hydrogens (tertiary/aromatic N) is 5. The minimum atomic E-state index is -3.34. The van der Waals surface area contributed by atoms with Gasteiger partial charge in [-0.2, -0.15) is 0 Å². The Labute approximate surface area is 174 Å². The van der Waals surface area contributed by atoms with Crippen molar-refractivity contribution in [2.75, 3.05) is 47.9 Å². The van der Waals surface area contributed by atoms with Crippen LogP contribution in [0.3, 0.4) is 0 Å². The van der Waals surface area contributed by atoms with Gasteiger partial charge in [0.05, 0.1) is 30.9 Å². The molecule has 4 rings (SSSR count). The molecular weight excluding hydrogens is 406 g/mol. The van der Waals surface area contributed by atoms with Gasteiger partial charge in [-0.1, -0.05) is 12.1 Å². The minimum absolute atomic E-state index is 0.190. The van der Waals surface area contributed by atoms with Crippen LogP contribution in [0.4, 0.5) is 17.6 Å². The molecule has 0 aliphatic carbocycles. The van der Waals surface area contributed by atoms with E-state index in [4.69, 9.17) is 20.4 Å². The molecule has 156 valence electrons. The molecule has 0 radical (unpaired) electrons. The number of sulfonamides is 1. The number of aromatic nitrogens is 4. The average Bonchev–Trinajstić information content (AvgIpc) is 2.74. The zero-order chi connectivity index (χ0) is 21.1. The zero-order valence-electron chi connectivity index (χ0n) is 16.3. The van der Waals surface area contributed by atoms with Crippen LogP contribution in [0.25, 0.3) is 22.5 Å². The van der Waals surface area contributed by atoms with Crippen molar-refractivity contribution >= 4 is 27.6 Å². The highest BCUT2D eigenvalue weighted by atomic mass is 32.2. The summed E-state index contributed by atoms with van der Waals surface area (Å²) in [5.41, 5.74) is 8.99. The van der Waals surface area contributed by atoms with Gasteiger partial charge in [0.2, 0.25) is 21.9 Å². The van der Waals surface area contributed by atoms with Gasteiger partial charge in [0, 0.05) is 42.3 Å². The zero-order valence-corrected chi connectivity index (χ0v) is 17.1. The predicted molar refractivity (Wildman–Crippen MR) is 114 cm³/mol. The molecule has 1 aromatic carbocycles. The molecule has 1 aliphatic heterocycles. The normalized spacial score (nSPS) is 14.5. The van der Waals surface area contributed by atoms with Crippen molar-refractivity contribution in [2.24, 2.45) is 0 Å². The number of hydrogen-bond donors (Lipinski definition) is 2. The van der Waals surface area contributed by atoms with Crippen LogP contribution in [0.1, 0.15) is 0 Å². The summed E-state index contributed by atoms with van der Waals surface area (Å²) in [7, 11) is -3.34. The van der Waals surface area contributed by atoms with E-state index in [9.17, 15) is 8.42 Å². The van der Waals surface area contributed by atoms with Crippen molar-refractivity contribution in [3.8, 4) is 22.5 Å². The molecular formula is C19H21N7O3S. The highest BCUT2D eigenvalue weighted by molar-refractivity contribution is 7.92. The average molecular weight is 427 g/mol. The molecule has 2 aromatic heterocycles. The van der Waals surface area contributed by atoms with Gasteiger partial charge in [0.1, 0.15) is 0 Å². The molecule has 0 spiro atoms. The first-order valence-corrected chi connectivity index (χ1v) is 11.1. The number of nitrogens with two attached hydrogens (primary N) is 1. The van der Waals surface area contributed by atoms with Gasteiger partial charge in [-0.05, 0) is 18.2 Å². The largest absolute Gasteiger partial charge is 0.378 e. The Morgan fingerprint density at radius 1 is 1.00 bits per heavy atom. The molecule has 3 heterocycles. The number of benzene rings is 1. The topological polar surface area (TPSA) is 136 Å². The van der Waals surface area contributed by atoms with Crippen LogP contribution < -0.4 is 15.4 Å². The van der Waals surface area contributed by atoms with E-state index in [0.717, 1.165) is 17.4 Å². The van der Waals surface area contributed by atoms with Gasteiger partial charge in [0.15, 0.2) is 0 Å². The van der Waals surface area contributed by atoms with Gasteiger partial charge in [-0.25, -0.2) is 28.4 Å². The fourth-order valence-corrected chi connectivity index (χ4v) is 3.59. The molecule has 3 N–H and O–H groups in total. The van der Waals surface area contributed by atoms with E-state index >= 15 is 0 Å². The van der Waals surface area contributed by atoms with E-state index in [1.165, 1.54) is 0 Å². The fourth-order valence-electron chi connectivity index (χ4n) is 3.03. The molecule has 0 atom stereocenters. The number of morpholine rings is 1. The Morgan fingerprint density at radius 2 is 1.60 bits per heavy atom. The number of nitrogen functional groups attached to an aromatic ring is 1. The fraction of sp³-hybridized carbons (Fsp3) is 0.263. The lowest BCUT2D eigenvalue weighted by atomic mass is 10.1. The Bertz CT molecular complexity index is 1130. The summed E-state index contributed by atoms with van der Waals surface area (Å²) >= 11 is 0. The van der Waals surface area contributed by atoms with Crippen molar-refractivity contribution in [2.45, 2.75) is 0 Å². The van der Waals surface area contributed by atoms with E-state index < -0.39 is 10.0 Å². The molecule has 0 amide bonds. The molecule has 30 heavy (non-hydrogen) atoms. The van der Waals surface area contributed by atoms with Crippen LogP contribution in [-0.4, -0.2) is 60.9 Å². The van der Waals surface area contributed by atoms with Crippen molar-refractivity contribution < 1.29 is 13.2 Å². The Hall–Kier alpha value is -3.31. The maximum atomic E-state index is 11.4. The summed E-state index contributed by atoms with van der Waals surface area (Å²) in [5, 5.41) is 0. The van der Waals surface area contributed by atoms with Crippen LogP contribution in [0.5, 0.6) is 0 Å². The van der Waals surface area contributed by atoms with Crippen molar-refractivity contribution in [1.29, 1.82) is 0 Å². The Balaban J connectivity index is 1.74. The molecule has 1 fully saturated rings. The summed E-state index contributed by atoms with van der Waals surface area (Å²) in [4.78, 5) is 19.6. The van der Waals surface area contributed by atoms with E-state index in [0.29, 0.717) is 49.3 Å². The number of nitrogens with one attached hydrogen (secondary N) is 1. The minimum Gasteiger partial charge on any atom is -0.378 e. The highest BCUT2D eigenvalue weighted by Crippen LogP contribution is 2.27. The lowest BCUT2D eigenvalue weighted by molar-refractivity contribution is 0.122. The van der Waals surface area contributed by atoms with Crippen LogP contribution >= 0.6 is 0 Å². The second-order valence-corrected chi connectivity index (χ2v) is 8.57. The first kappa shape index (κ1) is 20.0. The second-order valence-electron chi connectivity index (χ2n) is 6.82. The van der Waals surface area contributed by atoms with Crippen LogP contribution in [0.2, 0.25) is 0 Å². The van der Waals surface area contributed by atoms with Crippen molar-refractivity contribution in [3.63, 3.8) is 0 Å².